The standard InChI is InChI=1S/C28H33N3O6S2/c1-20-7-8-21(2)26(17-20)31(38(4,33)34)19-22-9-11-23(12-10-22)28(32)29-25-18-24(13-14-27(25)37-3)39(35,36)30-15-5-6-16-30/h7-14,17-18H,5-6,15-16,19H2,1-4H3,(H,29,32). The van der Waals surface area contributed by atoms with Gasteiger partial charge in [-0.15, -0.1) is 0 Å². The number of benzene rings is 3. The van der Waals surface area contributed by atoms with Crippen LogP contribution in [-0.2, 0) is 26.6 Å². The van der Waals surface area contributed by atoms with Gasteiger partial charge < -0.3 is 10.1 Å². The van der Waals surface area contributed by atoms with Crippen LogP contribution in [0.25, 0.3) is 0 Å². The van der Waals surface area contributed by atoms with Gasteiger partial charge in [0.1, 0.15) is 5.75 Å². The number of methoxy groups -OCH3 is 1. The predicted molar refractivity (Wildman–Crippen MR) is 152 cm³/mol. The molecule has 0 unspecified atom stereocenters. The molecule has 1 saturated heterocycles. The summed E-state index contributed by atoms with van der Waals surface area (Å²) in [6.07, 6.45) is 2.81. The molecule has 0 radical (unpaired) electrons. The molecule has 0 saturated carbocycles. The Morgan fingerprint density at radius 2 is 1.62 bits per heavy atom. The molecule has 1 amide bonds. The van der Waals surface area contributed by atoms with Crippen LogP contribution >= 0.6 is 0 Å². The highest BCUT2D eigenvalue weighted by molar-refractivity contribution is 7.92. The minimum absolute atomic E-state index is 0.0863. The highest BCUT2D eigenvalue weighted by Crippen LogP contribution is 2.31. The van der Waals surface area contributed by atoms with Crippen LogP contribution < -0.4 is 14.4 Å². The fourth-order valence-electron chi connectivity index (χ4n) is 4.51. The molecular formula is C28H33N3O6S2. The number of nitrogens with one attached hydrogen (secondary N) is 1. The van der Waals surface area contributed by atoms with E-state index in [9.17, 15) is 21.6 Å². The average Bonchev–Trinajstić information content (AvgIpc) is 3.45. The van der Waals surface area contributed by atoms with Crippen molar-refractivity contribution in [2.45, 2.75) is 38.1 Å². The van der Waals surface area contributed by atoms with Crippen molar-refractivity contribution in [2.24, 2.45) is 0 Å². The zero-order valence-electron chi connectivity index (χ0n) is 22.5. The van der Waals surface area contributed by atoms with Crippen molar-refractivity contribution in [1.82, 2.24) is 4.31 Å². The Labute approximate surface area is 230 Å². The summed E-state index contributed by atoms with van der Waals surface area (Å²) in [5.74, 6) is -0.122. The minimum atomic E-state index is -3.67. The summed E-state index contributed by atoms with van der Waals surface area (Å²) in [4.78, 5) is 13.1. The summed E-state index contributed by atoms with van der Waals surface area (Å²) in [6.45, 7) is 4.82. The smallest absolute Gasteiger partial charge is 0.255 e. The lowest BCUT2D eigenvalue weighted by atomic mass is 10.1. The molecule has 208 valence electrons. The number of carbonyl (C=O) groups is 1. The molecule has 0 atom stereocenters. The van der Waals surface area contributed by atoms with Crippen LogP contribution in [0.3, 0.4) is 0 Å². The Morgan fingerprint density at radius 1 is 0.949 bits per heavy atom. The molecule has 1 N–H and O–H groups in total. The molecule has 0 aliphatic carbocycles. The van der Waals surface area contributed by atoms with E-state index < -0.39 is 26.0 Å². The molecule has 9 nitrogen and oxygen atoms in total. The molecule has 0 spiro atoms. The van der Waals surface area contributed by atoms with E-state index in [2.05, 4.69) is 5.32 Å². The summed E-state index contributed by atoms with van der Waals surface area (Å²) in [7, 11) is -5.79. The van der Waals surface area contributed by atoms with Crippen molar-refractivity contribution in [3.63, 3.8) is 0 Å². The van der Waals surface area contributed by atoms with E-state index in [0.717, 1.165) is 24.0 Å². The quantitative estimate of drug-likeness (QED) is 0.410. The Bertz CT molecular complexity index is 1580. The number of anilines is 2. The normalized spacial score (nSPS) is 14.3. The monoisotopic (exact) mass is 571 g/mol. The third kappa shape index (κ3) is 6.43. The number of aryl methyl sites for hydroxylation is 2. The van der Waals surface area contributed by atoms with E-state index in [0.29, 0.717) is 35.7 Å². The van der Waals surface area contributed by atoms with Gasteiger partial charge in [0.25, 0.3) is 5.91 Å². The Balaban J connectivity index is 1.55. The highest BCUT2D eigenvalue weighted by Gasteiger charge is 2.28. The van der Waals surface area contributed by atoms with E-state index in [1.54, 1.807) is 24.3 Å². The molecule has 0 bridgehead atoms. The third-order valence-electron chi connectivity index (χ3n) is 6.70. The van der Waals surface area contributed by atoms with E-state index >= 15 is 0 Å². The zero-order chi connectivity index (χ0) is 28.4. The molecule has 4 rings (SSSR count). The largest absolute Gasteiger partial charge is 0.495 e. The molecule has 11 heteroatoms. The second kappa shape index (κ2) is 11.4. The van der Waals surface area contributed by atoms with Gasteiger partial charge in [-0.05, 0) is 79.8 Å². The number of amides is 1. The van der Waals surface area contributed by atoms with Crippen LogP contribution in [0.2, 0.25) is 0 Å². The maximum Gasteiger partial charge on any atom is 0.255 e. The number of carbonyl (C=O) groups excluding carboxylic acids is 1. The second-order valence-electron chi connectivity index (χ2n) is 9.68. The lowest BCUT2D eigenvalue weighted by Crippen LogP contribution is -2.30. The van der Waals surface area contributed by atoms with Crippen LogP contribution in [0.5, 0.6) is 5.75 Å². The van der Waals surface area contributed by atoms with Crippen LogP contribution in [0, 0.1) is 13.8 Å². The molecule has 3 aromatic rings. The average molecular weight is 572 g/mol. The second-order valence-corrected chi connectivity index (χ2v) is 13.5. The maximum absolute atomic E-state index is 13.1. The van der Waals surface area contributed by atoms with E-state index in [-0.39, 0.29) is 17.1 Å². The van der Waals surface area contributed by atoms with Crippen LogP contribution in [0.15, 0.2) is 65.6 Å². The molecule has 39 heavy (non-hydrogen) atoms. The van der Waals surface area contributed by atoms with Gasteiger partial charge in [-0.3, -0.25) is 9.10 Å². The van der Waals surface area contributed by atoms with Crippen molar-refractivity contribution in [2.75, 3.05) is 36.1 Å². The van der Waals surface area contributed by atoms with Gasteiger partial charge in [-0.25, -0.2) is 16.8 Å². The summed E-state index contributed by atoms with van der Waals surface area (Å²) in [6, 6.07) is 16.7. The molecule has 1 aliphatic heterocycles. The van der Waals surface area contributed by atoms with Crippen molar-refractivity contribution in [3.8, 4) is 5.75 Å². The number of hydrogen-bond donors (Lipinski definition) is 1. The van der Waals surface area contributed by atoms with Crippen LogP contribution in [0.1, 0.15) is 39.9 Å². The number of sulfonamides is 2. The Hall–Kier alpha value is -3.41. The van der Waals surface area contributed by atoms with E-state index in [1.165, 1.54) is 40.2 Å². The minimum Gasteiger partial charge on any atom is -0.495 e. The first-order chi connectivity index (χ1) is 18.4. The van der Waals surface area contributed by atoms with Gasteiger partial charge in [0.05, 0.1) is 36.2 Å². The molecule has 1 heterocycles. The fraction of sp³-hybridized carbons (Fsp3) is 0.321. The first kappa shape index (κ1) is 28.6. The van der Waals surface area contributed by atoms with Gasteiger partial charge >= 0.3 is 0 Å². The summed E-state index contributed by atoms with van der Waals surface area (Å²) in [5, 5.41) is 2.75. The van der Waals surface area contributed by atoms with Crippen LogP contribution in [0.4, 0.5) is 11.4 Å². The lowest BCUT2D eigenvalue weighted by Gasteiger charge is -2.25. The van der Waals surface area contributed by atoms with Gasteiger partial charge in [-0.2, -0.15) is 4.31 Å². The van der Waals surface area contributed by atoms with Gasteiger partial charge in [-0.1, -0.05) is 24.3 Å². The van der Waals surface area contributed by atoms with Crippen molar-refractivity contribution in [3.05, 3.63) is 82.9 Å². The molecule has 3 aromatic carbocycles. The molecular weight excluding hydrogens is 538 g/mol. The summed E-state index contributed by atoms with van der Waals surface area (Å²) in [5.41, 5.74) is 3.66. The number of rotatable bonds is 9. The SMILES string of the molecule is COc1ccc(S(=O)(=O)N2CCCC2)cc1NC(=O)c1ccc(CN(c2cc(C)ccc2C)S(C)(=O)=O)cc1. The van der Waals surface area contributed by atoms with Crippen molar-refractivity contribution in [1.29, 1.82) is 0 Å². The summed E-state index contributed by atoms with van der Waals surface area (Å²) >= 11 is 0. The van der Waals surface area contributed by atoms with Gasteiger partial charge in [0.15, 0.2) is 0 Å². The maximum atomic E-state index is 13.1. The Morgan fingerprint density at radius 3 is 2.23 bits per heavy atom. The first-order valence-electron chi connectivity index (χ1n) is 12.5. The number of nitrogens with zero attached hydrogens (tertiary/aromatic N) is 2. The number of hydrogen-bond acceptors (Lipinski definition) is 6. The Kier molecular flexibility index (Phi) is 8.34. The third-order valence-corrected chi connectivity index (χ3v) is 9.72. The molecule has 1 aliphatic rings. The van der Waals surface area contributed by atoms with Crippen LogP contribution in [-0.4, -0.2) is 53.5 Å². The van der Waals surface area contributed by atoms with Gasteiger partial charge in [0.2, 0.25) is 20.0 Å². The lowest BCUT2D eigenvalue weighted by molar-refractivity contribution is 0.102. The molecule has 1 fully saturated rings. The van der Waals surface area contributed by atoms with Crippen molar-refractivity contribution < 1.29 is 26.4 Å². The van der Waals surface area contributed by atoms with Crippen molar-refractivity contribution >= 4 is 37.3 Å². The van der Waals surface area contributed by atoms with E-state index in [4.69, 9.17) is 4.74 Å². The number of ether oxygens (including phenoxy) is 1. The topological polar surface area (TPSA) is 113 Å². The van der Waals surface area contributed by atoms with Gasteiger partial charge in [0, 0.05) is 18.7 Å². The first-order valence-corrected chi connectivity index (χ1v) is 15.8. The molecule has 0 aromatic heterocycles. The highest BCUT2D eigenvalue weighted by atomic mass is 32.2. The van der Waals surface area contributed by atoms with E-state index in [1.807, 2.05) is 32.0 Å². The predicted octanol–water partition coefficient (Wildman–Crippen LogP) is 4.32. The zero-order valence-corrected chi connectivity index (χ0v) is 24.1. The summed E-state index contributed by atoms with van der Waals surface area (Å²) < 4.78 is 59.4. The fourth-order valence-corrected chi connectivity index (χ4v) is 7.00.